The third-order valence-electron chi connectivity index (χ3n) is 4.80. The molecule has 3 aromatic carbocycles. The predicted octanol–water partition coefficient (Wildman–Crippen LogP) is 5.22. The van der Waals surface area contributed by atoms with Gasteiger partial charge >= 0.3 is 6.03 Å². The summed E-state index contributed by atoms with van der Waals surface area (Å²) in [4.78, 5) is 38.9. The van der Waals surface area contributed by atoms with E-state index in [2.05, 4.69) is 16.1 Å². The van der Waals surface area contributed by atoms with Crippen molar-refractivity contribution in [1.82, 2.24) is 10.4 Å². The van der Waals surface area contributed by atoms with Crippen molar-refractivity contribution < 1.29 is 14.4 Å². The molecule has 0 radical (unpaired) electrons. The van der Waals surface area contributed by atoms with E-state index >= 15 is 0 Å². The summed E-state index contributed by atoms with van der Waals surface area (Å²) in [5.41, 5.74) is 4.57. The van der Waals surface area contributed by atoms with E-state index in [1.807, 2.05) is 39.8 Å². The van der Waals surface area contributed by atoms with Crippen molar-refractivity contribution in [3.05, 3.63) is 95.6 Å². The molecule has 0 fully saturated rings. The molecule has 0 aliphatic carbocycles. The van der Waals surface area contributed by atoms with Crippen molar-refractivity contribution in [2.24, 2.45) is 0 Å². The molecule has 0 unspecified atom stereocenters. The van der Waals surface area contributed by atoms with Crippen molar-refractivity contribution >= 4 is 29.2 Å². The van der Waals surface area contributed by atoms with Crippen molar-refractivity contribution in [2.75, 3.05) is 10.6 Å². The Balaban J connectivity index is 1.83. The monoisotopic (exact) mass is 444 g/mol. The van der Waals surface area contributed by atoms with Crippen LogP contribution in [-0.4, -0.2) is 28.4 Å². The molecular formula is C26H28N4O3. The molecule has 0 aliphatic rings. The van der Waals surface area contributed by atoms with E-state index in [1.165, 1.54) is 5.01 Å². The molecular weight excluding hydrogens is 416 g/mol. The fraction of sp³-hybridized carbons (Fsp3) is 0.192. The van der Waals surface area contributed by atoms with E-state index in [0.717, 1.165) is 5.56 Å². The Morgan fingerprint density at radius 3 is 2.12 bits per heavy atom. The molecule has 0 aliphatic heterocycles. The summed E-state index contributed by atoms with van der Waals surface area (Å²) in [5.74, 6) is -0.776. The molecule has 3 N–H and O–H groups in total. The Labute approximate surface area is 193 Å². The van der Waals surface area contributed by atoms with Gasteiger partial charge in [-0.1, -0.05) is 48.0 Å². The first-order valence-electron chi connectivity index (χ1n) is 10.6. The Bertz CT molecular complexity index is 1150. The van der Waals surface area contributed by atoms with Crippen LogP contribution in [0.15, 0.2) is 78.9 Å². The summed E-state index contributed by atoms with van der Waals surface area (Å²) < 4.78 is 0. The number of amides is 4. The predicted molar refractivity (Wildman–Crippen MR) is 130 cm³/mol. The summed E-state index contributed by atoms with van der Waals surface area (Å²) in [6.45, 7) is 7.33. The molecule has 0 bridgehead atoms. The van der Waals surface area contributed by atoms with Gasteiger partial charge in [0.2, 0.25) is 0 Å². The quantitative estimate of drug-likeness (QED) is 0.482. The van der Waals surface area contributed by atoms with Gasteiger partial charge in [-0.25, -0.2) is 15.2 Å². The normalized spacial score (nSPS) is 10.8. The number of hydrogen-bond donors (Lipinski definition) is 3. The molecule has 0 saturated heterocycles. The molecule has 7 nitrogen and oxygen atoms in total. The lowest BCUT2D eigenvalue weighted by atomic mass is 10.1. The van der Waals surface area contributed by atoms with E-state index in [4.69, 9.17) is 0 Å². The van der Waals surface area contributed by atoms with Crippen LogP contribution < -0.4 is 16.1 Å². The molecule has 0 heterocycles. The van der Waals surface area contributed by atoms with Gasteiger partial charge in [0, 0.05) is 11.3 Å². The average molecular weight is 445 g/mol. The highest BCUT2D eigenvalue weighted by Gasteiger charge is 2.31. The number of nitrogens with one attached hydrogen (secondary N) is 3. The van der Waals surface area contributed by atoms with Crippen LogP contribution in [0.2, 0.25) is 0 Å². The van der Waals surface area contributed by atoms with Gasteiger partial charge in [0.15, 0.2) is 0 Å². The highest BCUT2D eigenvalue weighted by Crippen LogP contribution is 2.22. The second-order valence-electron chi connectivity index (χ2n) is 8.61. The van der Waals surface area contributed by atoms with E-state index in [1.54, 1.807) is 66.7 Å². The third kappa shape index (κ3) is 6.20. The minimum Gasteiger partial charge on any atom is -0.321 e. The van der Waals surface area contributed by atoms with Gasteiger partial charge in [-0.15, -0.1) is 0 Å². The molecule has 4 amide bonds. The zero-order valence-electron chi connectivity index (χ0n) is 19.2. The number of carbonyl (C=O) groups excluding carboxylic acids is 3. The molecule has 0 saturated carbocycles. The Morgan fingerprint density at radius 2 is 1.45 bits per heavy atom. The third-order valence-corrected chi connectivity index (χ3v) is 4.80. The largest absolute Gasteiger partial charge is 0.338 e. The minimum absolute atomic E-state index is 0.258. The topological polar surface area (TPSA) is 90.5 Å². The lowest BCUT2D eigenvalue weighted by Crippen LogP contribution is -2.57. The van der Waals surface area contributed by atoms with Crippen LogP contribution in [0.1, 0.15) is 47.1 Å². The number of carbonyl (C=O) groups is 3. The van der Waals surface area contributed by atoms with Crippen LogP contribution in [0.4, 0.5) is 16.2 Å². The van der Waals surface area contributed by atoms with Crippen LogP contribution in [0.25, 0.3) is 0 Å². The van der Waals surface area contributed by atoms with Crippen LogP contribution in [0.3, 0.4) is 0 Å². The average Bonchev–Trinajstić information content (AvgIpc) is 2.77. The van der Waals surface area contributed by atoms with Crippen LogP contribution in [-0.2, 0) is 0 Å². The molecule has 3 rings (SSSR count). The molecule has 7 heteroatoms. The number of anilines is 2. The number of hydrogen-bond acceptors (Lipinski definition) is 3. The summed E-state index contributed by atoms with van der Waals surface area (Å²) >= 11 is 0. The lowest BCUT2D eigenvalue weighted by molar-refractivity contribution is 0.0461. The first kappa shape index (κ1) is 23.5. The summed E-state index contributed by atoms with van der Waals surface area (Å²) in [6.07, 6.45) is 0. The fourth-order valence-electron chi connectivity index (χ4n) is 3.19. The SMILES string of the molecule is Cc1cccc(C(=O)Nc2ccccc2C(=O)N(NC(=O)Nc2ccccc2)C(C)(C)C)c1. The van der Waals surface area contributed by atoms with Gasteiger partial charge in [-0.3, -0.25) is 9.59 Å². The van der Waals surface area contributed by atoms with Gasteiger partial charge in [-0.2, -0.15) is 0 Å². The van der Waals surface area contributed by atoms with Gasteiger partial charge in [0.25, 0.3) is 11.8 Å². The first-order valence-corrected chi connectivity index (χ1v) is 10.6. The summed E-state index contributed by atoms with van der Waals surface area (Å²) in [7, 11) is 0. The molecule has 0 atom stereocenters. The smallest absolute Gasteiger partial charge is 0.321 e. The van der Waals surface area contributed by atoms with Gasteiger partial charge in [0.1, 0.15) is 0 Å². The van der Waals surface area contributed by atoms with E-state index in [9.17, 15) is 14.4 Å². The number of para-hydroxylation sites is 2. The van der Waals surface area contributed by atoms with E-state index in [0.29, 0.717) is 16.9 Å². The summed E-state index contributed by atoms with van der Waals surface area (Å²) in [5, 5.41) is 6.78. The Morgan fingerprint density at radius 1 is 0.788 bits per heavy atom. The second kappa shape index (κ2) is 9.99. The van der Waals surface area contributed by atoms with Crippen LogP contribution in [0, 0.1) is 6.92 Å². The van der Waals surface area contributed by atoms with E-state index in [-0.39, 0.29) is 11.5 Å². The van der Waals surface area contributed by atoms with Crippen molar-refractivity contribution in [2.45, 2.75) is 33.2 Å². The van der Waals surface area contributed by atoms with Crippen molar-refractivity contribution in [3.8, 4) is 0 Å². The number of hydrazine groups is 1. The maximum Gasteiger partial charge on any atom is 0.338 e. The summed E-state index contributed by atoms with van der Waals surface area (Å²) in [6, 6.07) is 22.3. The molecule has 33 heavy (non-hydrogen) atoms. The number of rotatable bonds is 4. The standard InChI is InChI=1S/C26H28N4O3/c1-18-11-10-12-19(17-18)23(31)28-22-16-9-8-15-21(22)24(32)30(26(2,3)4)29-25(33)27-20-13-6-5-7-14-20/h5-17H,1-4H3,(H,28,31)(H2,27,29,33). The highest BCUT2D eigenvalue weighted by molar-refractivity contribution is 6.09. The Kier molecular flexibility index (Phi) is 7.13. The fourth-order valence-corrected chi connectivity index (χ4v) is 3.19. The maximum absolute atomic E-state index is 13.5. The number of nitrogens with zero attached hydrogens (tertiary/aromatic N) is 1. The van der Waals surface area contributed by atoms with Gasteiger partial charge in [0.05, 0.1) is 16.8 Å². The van der Waals surface area contributed by atoms with Crippen molar-refractivity contribution in [1.29, 1.82) is 0 Å². The first-order chi connectivity index (χ1) is 15.6. The highest BCUT2D eigenvalue weighted by atomic mass is 16.2. The van der Waals surface area contributed by atoms with Gasteiger partial charge in [-0.05, 0) is 64.1 Å². The maximum atomic E-state index is 13.5. The molecule has 0 spiro atoms. The number of benzene rings is 3. The van der Waals surface area contributed by atoms with Crippen molar-refractivity contribution in [3.63, 3.8) is 0 Å². The molecule has 0 aromatic heterocycles. The number of urea groups is 1. The molecule has 3 aromatic rings. The van der Waals surface area contributed by atoms with E-state index < -0.39 is 17.5 Å². The van der Waals surface area contributed by atoms with Gasteiger partial charge < -0.3 is 10.6 Å². The molecule has 170 valence electrons. The lowest BCUT2D eigenvalue weighted by Gasteiger charge is -2.35. The minimum atomic E-state index is -0.737. The number of aryl methyl sites for hydroxylation is 1. The zero-order valence-corrected chi connectivity index (χ0v) is 19.2. The second-order valence-corrected chi connectivity index (χ2v) is 8.61. The Hall–Kier alpha value is -4.13. The van der Waals surface area contributed by atoms with Crippen LogP contribution in [0.5, 0.6) is 0 Å². The zero-order chi connectivity index (χ0) is 24.0. The van der Waals surface area contributed by atoms with Crippen LogP contribution >= 0.6 is 0 Å².